The van der Waals surface area contributed by atoms with Crippen molar-refractivity contribution < 1.29 is 18.7 Å². The molecule has 22 heavy (non-hydrogen) atoms. The Morgan fingerprint density at radius 3 is 2.68 bits per heavy atom. The number of nitrogens with one attached hydrogen (secondary N) is 1. The summed E-state index contributed by atoms with van der Waals surface area (Å²) in [4.78, 5) is 12.9. The van der Waals surface area contributed by atoms with Gasteiger partial charge in [-0.2, -0.15) is 0 Å². The number of amides is 1. The number of aromatic nitrogens is 2. The highest BCUT2D eigenvalue weighted by molar-refractivity contribution is 7.12. The second-order valence-electron chi connectivity index (χ2n) is 5.28. The molecule has 2 aromatic heterocycles. The Hall–Kier alpha value is -2.09. The van der Waals surface area contributed by atoms with Crippen molar-refractivity contribution in [1.82, 2.24) is 15.5 Å². The van der Waals surface area contributed by atoms with Crippen LogP contribution in [0.2, 0.25) is 0 Å². The monoisotopic (exact) mass is 323 g/mol. The van der Waals surface area contributed by atoms with Crippen LogP contribution in [-0.4, -0.2) is 29.3 Å². The number of hydrogen-bond donors (Lipinski definition) is 1. The predicted octanol–water partition coefficient (Wildman–Crippen LogP) is 2.52. The summed E-state index contributed by atoms with van der Waals surface area (Å²) in [5, 5.41) is 12.6. The van der Waals surface area contributed by atoms with Crippen LogP contribution < -0.4 is 14.8 Å². The topological polar surface area (TPSA) is 86.5 Å². The fraction of sp³-hybridized carbons (Fsp3) is 0.500. The van der Waals surface area contributed by atoms with Gasteiger partial charge < -0.3 is 19.2 Å². The van der Waals surface area contributed by atoms with Crippen LogP contribution in [0.25, 0.3) is 0 Å². The van der Waals surface area contributed by atoms with Gasteiger partial charge in [0.2, 0.25) is 11.8 Å². The Morgan fingerprint density at radius 1 is 1.23 bits per heavy atom. The van der Waals surface area contributed by atoms with Crippen molar-refractivity contribution in [2.24, 2.45) is 0 Å². The number of nitrogens with zero attached hydrogens (tertiary/aromatic N) is 2. The van der Waals surface area contributed by atoms with Gasteiger partial charge in [0, 0.05) is 11.3 Å². The van der Waals surface area contributed by atoms with Crippen LogP contribution >= 0.6 is 11.3 Å². The summed E-state index contributed by atoms with van der Waals surface area (Å²) in [5.41, 5.74) is 0. The molecule has 8 heteroatoms. The molecular weight excluding hydrogens is 306 g/mol. The highest BCUT2D eigenvalue weighted by Gasteiger charge is 2.25. The summed E-state index contributed by atoms with van der Waals surface area (Å²) in [5.74, 6) is 1.98. The van der Waals surface area contributed by atoms with E-state index >= 15 is 0 Å². The molecule has 1 aliphatic heterocycles. The van der Waals surface area contributed by atoms with E-state index in [1.807, 2.05) is 13.8 Å². The van der Waals surface area contributed by atoms with E-state index in [4.69, 9.17) is 13.9 Å². The first kappa shape index (κ1) is 14.8. The molecule has 1 N–H and O–H groups in total. The van der Waals surface area contributed by atoms with E-state index in [2.05, 4.69) is 15.5 Å². The number of rotatable bonds is 4. The van der Waals surface area contributed by atoms with Gasteiger partial charge in [-0.25, -0.2) is 0 Å². The Bertz CT molecular complexity index is 679. The van der Waals surface area contributed by atoms with Gasteiger partial charge in [-0.15, -0.1) is 21.5 Å². The molecule has 0 aromatic carbocycles. The molecule has 1 aliphatic rings. The maximum Gasteiger partial charge on any atom is 0.265 e. The number of thiophene rings is 1. The second kappa shape index (κ2) is 5.96. The molecule has 0 radical (unpaired) electrons. The largest absolute Gasteiger partial charge is 0.485 e. The first-order chi connectivity index (χ1) is 10.6. The maximum atomic E-state index is 12.4. The molecule has 0 unspecified atom stereocenters. The van der Waals surface area contributed by atoms with Gasteiger partial charge in [-0.1, -0.05) is 13.8 Å². The third kappa shape index (κ3) is 2.78. The maximum absolute atomic E-state index is 12.4. The summed E-state index contributed by atoms with van der Waals surface area (Å²) in [6.45, 7) is 6.68. The highest BCUT2D eigenvalue weighted by Crippen LogP contribution is 2.39. The van der Waals surface area contributed by atoms with Crippen LogP contribution in [0.4, 0.5) is 0 Å². The van der Waals surface area contributed by atoms with Crippen LogP contribution in [0.3, 0.4) is 0 Å². The molecule has 1 atom stereocenters. The molecule has 0 aliphatic carbocycles. The zero-order valence-corrected chi connectivity index (χ0v) is 13.4. The summed E-state index contributed by atoms with van der Waals surface area (Å²) < 4.78 is 16.5. The normalized spacial score (nSPS) is 14.9. The summed E-state index contributed by atoms with van der Waals surface area (Å²) in [7, 11) is 0. The lowest BCUT2D eigenvalue weighted by Crippen LogP contribution is -2.27. The van der Waals surface area contributed by atoms with Gasteiger partial charge in [0.1, 0.15) is 24.1 Å². The average molecular weight is 323 g/mol. The van der Waals surface area contributed by atoms with E-state index in [1.54, 1.807) is 12.3 Å². The fourth-order valence-electron chi connectivity index (χ4n) is 2.00. The molecule has 1 amide bonds. The Labute approximate surface area is 131 Å². The summed E-state index contributed by atoms with van der Waals surface area (Å²) in [6, 6.07) is -0.380. The number of hydrogen-bond acceptors (Lipinski definition) is 7. The van der Waals surface area contributed by atoms with Crippen LogP contribution in [0.5, 0.6) is 11.5 Å². The van der Waals surface area contributed by atoms with Gasteiger partial charge in [0.25, 0.3) is 5.91 Å². The van der Waals surface area contributed by atoms with E-state index in [0.717, 1.165) is 0 Å². The Morgan fingerprint density at radius 2 is 1.95 bits per heavy atom. The lowest BCUT2D eigenvalue weighted by molar-refractivity contribution is 0.0929. The van der Waals surface area contributed by atoms with E-state index in [9.17, 15) is 4.79 Å². The van der Waals surface area contributed by atoms with Crippen molar-refractivity contribution in [2.75, 3.05) is 13.2 Å². The standard InChI is InChI=1S/C14H17N3O4S/c1-7(2)13-16-17-14(21-13)8(3)15-12(18)11-10-9(6-22-11)19-4-5-20-10/h6-8H,4-5H2,1-3H3,(H,15,18)/t8-/m0/s1. The first-order valence-corrected chi connectivity index (χ1v) is 7.95. The molecule has 0 bridgehead atoms. The lowest BCUT2D eigenvalue weighted by Gasteiger charge is -2.16. The van der Waals surface area contributed by atoms with Crippen molar-refractivity contribution in [2.45, 2.75) is 32.7 Å². The van der Waals surface area contributed by atoms with Crippen molar-refractivity contribution >= 4 is 17.2 Å². The van der Waals surface area contributed by atoms with E-state index in [1.165, 1.54) is 11.3 Å². The average Bonchev–Trinajstić information content (AvgIpc) is 3.14. The SMILES string of the molecule is CC(C)c1nnc([C@H](C)NC(=O)c2scc3c2OCCO3)o1. The summed E-state index contributed by atoms with van der Waals surface area (Å²) in [6.07, 6.45) is 0. The van der Waals surface area contributed by atoms with E-state index < -0.39 is 0 Å². The number of carbonyl (C=O) groups is 1. The minimum Gasteiger partial charge on any atom is -0.485 e. The second-order valence-corrected chi connectivity index (χ2v) is 6.16. The quantitative estimate of drug-likeness (QED) is 0.930. The predicted molar refractivity (Wildman–Crippen MR) is 79.6 cm³/mol. The summed E-state index contributed by atoms with van der Waals surface area (Å²) >= 11 is 1.29. The number of fused-ring (bicyclic) bond motifs is 1. The zero-order chi connectivity index (χ0) is 15.7. The van der Waals surface area contributed by atoms with Crippen LogP contribution in [0.1, 0.15) is 54.2 Å². The minimum absolute atomic E-state index is 0.152. The molecule has 0 spiro atoms. The van der Waals surface area contributed by atoms with Gasteiger partial charge in [-0.3, -0.25) is 4.79 Å². The molecule has 0 saturated carbocycles. The third-order valence-electron chi connectivity index (χ3n) is 3.18. The van der Waals surface area contributed by atoms with Gasteiger partial charge in [0.15, 0.2) is 11.5 Å². The number of ether oxygens (including phenoxy) is 2. The first-order valence-electron chi connectivity index (χ1n) is 7.07. The van der Waals surface area contributed by atoms with Crippen LogP contribution in [-0.2, 0) is 0 Å². The van der Waals surface area contributed by atoms with Crippen molar-refractivity contribution in [3.05, 3.63) is 22.0 Å². The van der Waals surface area contributed by atoms with Crippen molar-refractivity contribution in [1.29, 1.82) is 0 Å². The van der Waals surface area contributed by atoms with Gasteiger partial charge in [0.05, 0.1) is 0 Å². The van der Waals surface area contributed by atoms with Crippen LogP contribution in [0.15, 0.2) is 9.80 Å². The van der Waals surface area contributed by atoms with Gasteiger partial charge >= 0.3 is 0 Å². The zero-order valence-electron chi connectivity index (χ0n) is 12.6. The molecule has 7 nitrogen and oxygen atoms in total. The Kier molecular flexibility index (Phi) is 4.02. The van der Waals surface area contributed by atoms with Gasteiger partial charge in [-0.05, 0) is 6.92 Å². The molecule has 118 valence electrons. The van der Waals surface area contributed by atoms with E-state index in [0.29, 0.717) is 41.4 Å². The van der Waals surface area contributed by atoms with Crippen molar-refractivity contribution in [3.63, 3.8) is 0 Å². The molecule has 2 aromatic rings. The molecule has 0 fully saturated rings. The van der Waals surface area contributed by atoms with E-state index in [-0.39, 0.29) is 17.9 Å². The molecule has 3 rings (SSSR count). The molecular formula is C14H17N3O4S. The lowest BCUT2D eigenvalue weighted by atomic mass is 10.2. The number of carbonyl (C=O) groups excluding carboxylic acids is 1. The fourth-order valence-corrected chi connectivity index (χ4v) is 2.83. The minimum atomic E-state index is -0.380. The smallest absolute Gasteiger partial charge is 0.265 e. The van der Waals surface area contributed by atoms with Crippen LogP contribution in [0, 0.1) is 0 Å². The highest BCUT2D eigenvalue weighted by atomic mass is 32.1. The van der Waals surface area contributed by atoms with Crippen molar-refractivity contribution in [3.8, 4) is 11.5 Å². The third-order valence-corrected chi connectivity index (χ3v) is 4.11. The Balaban J connectivity index is 1.72. The molecule has 0 saturated heterocycles. The molecule has 3 heterocycles.